The van der Waals surface area contributed by atoms with Gasteiger partial charge in [0.25, 0.3) is 0 Å². The molecule has 4 aliphatic rings. The maximum absolute atomic E-state index is 16.9. The normalized spacial score (nSPS) is 24.5. The number of alkyl halides is 1. The second-order valence-electron chi connectivity index (χ2n) is 12.5. The molecule has 0 spiro atoms. The zero-order valence-corrected chi connectivity index (χ0v) is 24.1. The molecule has 226 valence electrons. The highest BCUT2D eigenvalue weighted by Gasteiger charge is 2.49. The van der Waals surface area contributed by atoms with Gasteiger partial charge in [0.05, 0.1) is 22.5 Å². The fraction of sp³-hybridized carbons (Fsp3) is 0.412. The molecule has 7 nitrogen and oxygen atoms in total. The topological polar surface area (TPSA) is 71.0 Å². The minimum absolute atomic E-state index is 0.00514. The number of rotatable bonds is 4. The highest BCUT2D eigenvalue weighted by atomic mass is 19.1. The Morgan fingerprint density at radius 2 is 1.98 bits per heavy atom. The smallest absolute Gasteiger partial charge is 0.319 e. The van der Waals surface area contributed by atoms with Crippen LogP contribution in [-0.4, -0.2) is 70.6 Å². The number of halogens is 3. The Kier molecular flexibility index (Phi) is 6.31. The van der Waals surface area contributed by atoms with Crippen LogP contribution in [0, 0.1) is 24.0 Å². The predicted molar refractivity (Wildman–Crippen MR) is 161 cm³/mol. The van der Waals surface area contributed by atoms with E-state index in [0.717, 1.165) is 45.2 Å². The van der Waals surface area contributed by atoms with Crippen LogP contribution in [0.25, 0.3) is 32.8 Å². The van der Waals surface area contributed by atoms with Gasteiger partial charge in [0.2, 0.25) is 0 Å². The number of phenolic OH excluding ortho intramolecular Hbond substituents is 1. The lowest BCUT2D eigenvalue weighted by Gasteiger charge is -2.35. The molecule has 8 rings (SSSR count). The van der Waals surface area contributed by atoms with Crippen LogP contribution in [0.15, 0.2) is 30.3 Å². The van der Waals surface area contributed by atoms with Crippen molar-refractivity contribution < 1.29 is 27.8 Å². The summed E-state index contributed by atoms with van der Waals surface area (Å²) < 4.78 is 58.8. The molecule has 2 unspecified atom stereocenters. The predicted octanol–water partition coefficient (Wildman–Crippen LogP) is 6.12. The molecule has 0 amide bonds. The van der Waals surface area contributed by atoms with Crippen LogP contribution in [0.4, 0.5) is 19.0 Å². The number of hydrogen-bond acceptors (Lipinski definition) is 7. The van der Waals surface area contributed by atoms with Gasteiger partial charge >= 0.3 is 6.01 Å². The summed E-state index contributed by atoms with van der Waals surface area (Å²) in [5.74, 6) is 1.89. The lowest BCUT2D eigenvalue weighted by molar-refractivity contribution is 0.107. The van der Waals surface area contributed by atoms with Crippen LogP contribution in [0.2, 0.25) is 0 Å². The van der Waals surface area contributed by atoms with Gasteiger partial charge in [-0.3, -0.25) is 4.90 Å². The second-order valence-corrected chi connectivity index (χ2v) is 12.5. The van der Waals surface area contributed by atoms with Gasteiger partial charge in [0, 0.05) is 30.5 Å². The van der Waals surface area contributed by atoms with Gasteiger partial charge in [0.15, 0.2) is 5.82 Å². The number of phenols is 1. The van der Waals surface area contributed by atoms with E-state index in [1.165, 1.54) is 24.3 Å². The molecule has 1 aromatic heterocycles. The first kappa shape index (κ1) is 27.3. The van der Waals surface area contributed by atoms with E-state index < -0.39 is 23.3 Å². The van der Waals surface area contributed by atoms with Crippen molar-refractivity contribution in [1.82, 2.24) is 14.9 Å². The van der Waals surface area contributed by atoms with Crippen molar-refractivity contribution in [2.24, 2.45) is 0 Å². The van der Waals surface area contributed by atoms with Gasteiger partial charge in [-0.1, -0.05) is 12.0 Å². The molecule has 0 saturated carbocycles. The molecule has 0 bridgehead atoms. The third-order valence-corrected chi connectivity index (χ3v) is 9.88. The first-order chi connectivity index (χ1) is 21.3. The minimum atomic E-state index is -0.912. The lowest BCUT2D eigenvalue weighted by atomic mass is 9.92. The van der Waals surface area contributed by atoms with Crippen molar-refractivity contribution in [2.45, 2.75) is 56.3 Å². The van der Waals surface area contributed by atoms with Gasteiger partial charge in [-0.25, -0.2) is 13.2 Å². The van der Waals surface area contributed by atoms with E-state index in [-0.39, 0.29) is 46.6 Å². The summed E-state index contributed by atoms with van der Waals surface area (Å²) in [7, 11) is 0. The van der Waals surface area contributed by atoms with Crippen molar-refractivity contribution in [3.05, 3.63) is 47.5 Å². The SMILES string of the molecule is C#Cc1c(F)ccc2cc(O)cc(-c3cc4c5c(nc(OCC67CCCN6C[C@H](F)C7)nc5c3F)N3CCCCC3CO4)c12. The number of anilines is 1. The van der Waals surface area contributed by atoms with E-state index in [2.05, 4.69) is 20.7 Å². The molecule has 10 heteroatoms. The first-order valence-electron chi connectivity index (χ1n) is 15.2. The number of aromatic hydroxyl groups is 1. The van der Waals surface area contributed by atoms with E-state index in [4.69, 9.17) is 20.9 Å². The molecule has 4 aliphatic heterocycles. The molecule has 3 aromatic carbocycles. The Morgan fingerprint density at radius 3 is 2.84 bits per heavy atom. The Labute approximate surface area is 252 Å². The Morgan fingerprint density at radius 1 is 1.09 bits per heavy atom. The van der Waals surface area contributed by atoms with E-state index in [1.807, 2.05) is 0 Å². The Bertz CT molecular complexity index is 1880. The number of aromatic nitrogens is 2. The number of fused-ring (bicyclic) bond motifs is 4. The fourth-order valence-corrected chi connectivity index (χ4v) is 7.86. The highest BCUT2D eigenvalue weighted by Crippen LogP contribution is 2.46. The second kappa shape index (κ2) is 10.2. The lowest BCUT2D eigenvalue weighted by Crippen LogP contribution is -2.44. The Hall–Kier alpha value is -4.23. The van der Waals surface area contributed by atoms with Crippen LogP contribution in [0.3, 0.4) is 0 Å². The third kappa shape index (κ3) is 4.16. The molecule has 1 N–H and O–H groups in total. The summed E-state index contributed by atoms with van der Waals surface area (Å²) in [6.07, 6.45) is 9.86. The minimum Gasteiger partial charge on any atom is -0.508 e. The Balaban J connectivity index is 1.33. The third-order valence-electron chi connectivity index (χ3n) is 9.88. The van der Waals surface area contributed by atoms with E-state index in [9.17, 15) is 13.9 Å². The number of hydrogen-bond donors (Lipinski definition) is 1. The molecule has 44 heavy (non-hydrogen) atoms. The van der Waals surface area contributed by atoms with E-state index in [0.29, 0.717) is 47.3 Å². The first-order valence-corrected chi connectivity index (χ1v) is 15.2. The van der Waals surface area contributed by atoms with Gasteiger partial charge in [-0.2, -0.15) is 9.97 Å². The van der Waals surface area contributed by atoms with Crippen molar-refractivity contribution in [3.63, 3.8) is 0 Å². The molecule has 3 saturated heterocycles. The number of nitrogens with zero attached hydrogens (tertiary/aromatic N) is 4. The van der Waals surface area contributed by atoms with Crippen LogP contribution >= 0.6 is 0 Å². The van der Waals surface area contributed by atoms with Crippen molar-refractivity contribution >= 4 is 27.5 Å². The molecule has 3 fully saturated rings. The number of piperidine rings is 1. The monoisotopic (exact) mass is 600 g/mol. The molecule has 0 aliphatic carbocycles. The summed E-state index contributed by atoms with van der Waals surface area (Å²) in [6.45, 7) is 2.51. The zero-order chi connectivity index (χ0) is 30.2. The summed E-state index contributed by atoms with van der Waals surface area (Å²) in [5, 5.41) is 11.8. The molecule has 3 atom stereocenters. The summed E-state index contributed by atoms with van der Waals surface area (Å²) in [5.41, 5.74) is -0.185. The van der Waals surface area contributed by atoms with E-state index >= 15 is 4.39 Å². The quantitative estimate of drug-likeness (QED) is 0.283. The van der Waals surface area contributed by atoms with Crippen molar-refractivity contribution in [3.8, 4) is 41.0 Å². The summed E-state index contributed by atoms with van der Waals surface area (Å²) >= 11 is 0. The van der Waals surface area contributed by atoms with Crippen LogP contribution in [-0.2, 0) is 0 Å². The maximum Gasteiger partial charge on any atom is 0.319 e. The van der Waals surface area contributed by atoms with Gasteiger partial charge in [-0.05, 0) is 73.9 Å². The molecule has 5 heterocycles. The van der Waals surface area contributed by atoms with Crippen LogP contribution < -0.4 is 14.4 Å². The van der Waals surface area contributed by atoms with Gasteiger partial charge in [-0.15, -0.1) is 6.42 Å². The fourth-order valence-electron chi connectivity index (χ4n) is 7.86. The molecule has 0 radical (unpaired) electrons. The summed E-state index contributed by atoms with van der Waals surface area (Å²) in [4.78, 5) is 13.7. The maximum atomic E-state index is 16.9. The zero-order valence-electron chi connectivity index (χ0n) is 24.1. The van der Waals surface area contributed by atoms with Crippen molar-refractivity contribution in [1.29, 1.82) is 0 Å². The van der Waals surface area contributed by atoms with Crippen LogP contribution in [0.5, 0.6) is 17.5 Å². The summed E-state index contributed by atoms with van der Waals surface area (Å²) in [6, 6.07) is 7.18. The number of benzene rings is 3. The molecule has 4 aromatic rings. The van der Waals surface area contributed by atoms with Crippen molar-refractivity contribution in [2.75, 3.05) is 37.7 Å². The number of ether oxygens (including phenoxy) is 2. The van der Waals surface area contributed by atoms with Gasteiger partial charge in [0.1, 0.15) is 48.0 Å². The average molecular weight is 601 g/mol. The van der Waals surface area contributed by atoms with Crippen LogP contribution in [0.1, 0.15) is 44.1 Å². The largest absolute Gasteiger partial charge is 0.508 e. The highest BCUT2D eigenvalue weighted by molar-refractivity contribution is 6.05. The van der Waals surface area contributed by atoms with Gasteiger partial charge < -0.3 is 19.5 Å². The molecular formula is C34H31F3N4O3. The standard InChI is InChI=1S/C34H31F3N4O3/c1-2-23-26(36)8-7-19-12-22(42)13-24(28(19)23)25-14-27-29-31(30(25)37)38-33(39-32(29)41-11-4-3-6-21(41)17-43-27)44-18-34-9-5-10-40(34)16-20(35)15-34/h1,7-8,12-14,20-21,42H,3-6,9-11,15-18H2/t20-,21?,34?/m1/s1. The van der Waals surface area contributed by atoms with E-state index in [1.54, 1.807) is 6.07 Å². The average Bonchev–Trinajstić information content (AvgIpc) is 3.49. The number of terminal acetylenes is 1. The molecular weight excluding hydrogens is 569 g/mol.